The minimum Gasteiger partial charge on any atom is -0.497 e. The Hall–Kier alpha value is -1.25. The van der Waals surface area contributed by atoms with Crippen molar-refractivity contribution in [2.45, 2.75) is 54.2 Å². The summed E-state index contributed by atoms with van der Waals surface area (Å²) in [7, 11) is 1.66. The number of ether oxygens (including phenoxy) is 1. The molecule has 0 atom stereocenters. The number of carbonyl (C=O) groups excluding carboxylic acids is 1. The molecule has 0 unspecified atom stereocenters. The standard InChI is InChI=1S/C18H25N3O2S3/c1-12(2)21(13(3)4)16(22)11-25-18-20-19-17(26-18)24-10-14-6-8-15(23-5)9-7-14/h6-9,12-13H,10-11H2,1-5H3. The fraction of sp³-hybridized carbons (Fsp3) is 0.500. The second-order valence-electron chi connectivity index (χ2n) is 6.25. The maximum Gasteiger partial charge on any atom is 0.233 e. The highest BCUT2D eigenvalue weighted by Gasteiger charge is 2.20. The number of carbonyl (C=O) groups is 1. The summed E-state index contributed by atoms with van der Waals surface area (Å²) >= 11 is 4.66. The van der Waals surface area contributed by atoms with E-state index in [1.807, 2.05) is 56.9 Å². The summed E-state index contributed by atoms with van der Waals surface area (Å²) in [6, 6.07) is 8.42. The Kier molecular flexibility index (Phi) is 8.24. The van der Waals surface area contributed by atoms with Crippen molar-refractivity contribution < 1.29 is 9.53 Å². The van der Waals surface area contributed by atoms with Crippen molar-refractivity contribution in [1.29, 1.82) is 0 Å². The van der Waals surface area contributed by atoms with Gasteiger partial charge in [0, 0.05) is 17.8 Å². The van der Waals surface area contributed by atoms with Gasteiger partial charge in [-0.3, -0.25) is 4.79 Å². The highest BCUT2D eigenvalue weighted by molar-refractivity contribution is 8.03. The van der Waals surface area contributed by atoms with Gasteiger partial charge in [0.2, 0.25) is 5.91 Å². The molecule has 0 spiro atoms. The molecule has 0 aliphatic carbocycles. The van der Waals surface area contributed by atoms with Gasteiger partial charge in [0.15, 0.2) is 8.68 Å². The lowest BCUT2D eigenvalue weighted by molar-refractivity contribution is -0.131. The van der Waals surface area contributed by atoms with Crippen molar-refractivity contribution in [2.24, 2.45) is 0 Å². The molecule has 0 saturated carbocycles. The van der Waals surface area contributed by atoms with Gasteiger partial charge >= 0.3 is 0 Å². The highest BCUT2D eigenvalue weighted by Crippen LogP contribution is 2.31. The van der Waals surface area contributed by atoms with Gasteiger partial charge in [-0.15, -0.1) is 10.2 Å². The zero-order chi connectivity index (χ0) is 19.1. The van der Waals surface area contributed by atoms with Crippen LogP contribution < -0.4 is 4.74 Å². The molecule has 26 heavy (non-hydrogen) atoms. The third-order valence-corrected chi connectivity index (χ3v) is 6.87. The highest BCUT2D eigenvalue weighted by atomic mass is 32.2. The Morgan fingerprint density at radius 2 is 1.65 bits per heavy atom. The third-order valence-electron chi connectivity index (χ3n) is 3.63. The van der Waals surface area contributed by atoms with Crippen LogP contribution in [-0.4, -0.2) is 46.0 Å². The second kappa shape index (κ2) is 10.2. The zero-order valence-corrected chi connectivity index (χ0v) is 18.2. The number of amides is 1. The predicted molar refractivity (Wildman–Crippen MR) is 110 cm³/mol. The number of benzene rings is 1. The molecule has 1 aromatic heterocycles. The first-order valence-corrected chi connectivity index (χ1v) is 11.2. The fourth-order valence-corrected chi connectivity index (χ4v) is 5.40. The molecular formula is C18H25N3O2S3. The summed E-state index contributed by atoms with van der Waals surface area (Å²) < 4.78 is 6.92. The minimum atomic E-state index is 0.141. The predicted octanol–water partition coefficient (Wildman–Crippen LogP) is 4.58. The Morgan fingerprint density at radius 1 is 1.08 bits per heavy atom. The van der Waals surface area contributed by atoms with Gasteiger partial charge in [-0.1, -0.05) is 47.0 Å². The van der Waals surface area contributed by atoms with Crippen LogP contribution in [-0.2, 0) is 10.5 Å². The summed E-state index contributed by atoms with van der Waals surface area (Å²) in [5.41, 5.74) is 1.21. The van der Waals surface area contributed by atoms with Crippen molar-refractivity contribution in [3.8, 4) is 5.75 Å². The molecule has 1 aromatic carbocycles. The van der Waals surface area contributed by atoms with E-state index in [1.165, 1.54) is 28.7 Å². The first kappa shape index (κ1) is 21.1. The molecule has 142 valence electrons. The molecule has 0 bridgehead atoms. The molecule has 0 N–H and O–H groups in total. The summed E-state index contributed by atoms with van der Waals surface area (Å²) in [6.45, 7) is 8.17. The van der Waals surface area contributed by atoms with Crippen LogP contribution in [0, 0.1) is 0 Å². The SMILES string of the molecule is COc1ccc(CSc2nnc(SCC(=O)N(C(C)C)C(C)C)s2)cc1. The van der Waals surface area contributed by atoms with Crippen LogP contribution in [0.3, 0.4) is 0 Å². The summed E-state index contributed by atoms with van der Waals surface area (Å²) in [4.78, 5) is 14.3. The second-order valence-corrected chi connectivity index (χ2v) is 9.67. The van der Waals surface area contributed by atoms with Gasteiger partial charge in [-0.05, 0) is 45.4 Å². The lowest BCUT2D eigenvalue weighted by atomic mass is 10.2. The summed E-state index contributed by atoms with van der Waals surface area (Å²) in [5, 5.41) is 8.42. The molecule has 0 fully saturated rings. The van der Waals surface area contributed by atoms with Gasteiger partial charge in [-0.25, -0.2) is 0 Å². The Labute approximate surface area is 167 Å². The quantitative estimate of drug-likeness (QED) is 0.563. The van der Waals surface area contributed by atoms with Crippen LogP contribution in [0.2, 0.25) is 0 Å². The van der Waals surface area contributed by atoms with E-state index in [-0.39, 0.29) is 18.0 Å². The average molecular weight is 412 g/mol. The van der Waals surface area contributed by atoms with E-state index < -0.39 is 0 Å². The summed E-state index contributed by atoms with van der Waals surface area (Å²) in [5.74, 6) is 2.22. The minimum absolute atomic E-state index is 0.141. The van der Waals surface area contributed by atoms with Crippen molar-refractivity contribution in [3.05, 3.63) is 29.8 Å². The lowest BCUT2D eigenvalue weighted by Gasteiger charge is -2.30. The Balaban J connectivity index is 1.84. The van der Waals surface area contributed by atoms with Gasteiger partial charge in [0.25, 0.3) is 0 Å². The maximum atomic E-state index is 12.4. The van der Waals surface area contributed by atoms with Crippen molar-refractivity contribution in [3.63, 3.8) is 0 Å². The number of hydrogen-bond acceptors (Lipinski definition) is 7. The molecule has 5 nitrogen and oxygen atoms in total. The van der Waals surface area contributed by atoms with Crippen LogP contribution >= 0.6 is 34.9 Å². The third kappa shape index (κ3) is 6.17. The van der Waals surface area contributed by atoms with E-state index in [0.717, 1.165) is 20.2 Å². The lowest BCUT2D eigenvalue weighted by Crippen LogP contribution is -2.43. The molecule has 0 saturated heterocycles. The van der Waals surface area contributed by atoms with Gasteiger partial charge in [-0.2, -0.15) is 0 Å². The van der Waals surface area contributed by atoms with Crippen LogP contribution in [0.1, 0.15) is 33.3 Å². The average Bonchev–Trinajstić information content (AvgIpc) is 3.06. The number of nitrogens with zero attached hydrogens (tertiary/aromatic N) is 3. The topological polar surface area (TPSA) is 55.3 Å². The van der Waals surface area contributed by atoms with E-state index in [9.17, 15) is 4.79 Å². The van der Waals surface area contributed by atoms with E-state index in [0.29, 0.717) is 5.75 Å². The molecule has 0 radical (unpaired) electrons. The molecular weight excluding hydrogens is 386 g/mol. The van der Waals surface area contributed by atoms with Crippen molar-refractivity contribution >= 4 is 40.8 Å². The van der Waals surface area contributed by atoms with Crippen LogP contribution in [0.4, 0.5) is 0 Å². The van der Waals surface area contributed by atoms with E-state index in [1.54, 1.807) is 18.9 Å². The largest absolute Gasteiger partial charge is 0.497 e. The number of methoxy groups -OCH3 is 1. The van der Waals surface area contributed by atoms with Crippen LogP contribution in [0.5, 0.6) is 5.75 Å². The smallest absolute Gasteiger partial charge is 0.233 e. The molecule has 2 rings (SSSR count). The Morgan fingerprint density at radius 3 is 2.19 bits per heavy atom. The van der Waals surface area contributed by atoms with Gasteiger partial charge in [0.05, 0.1) is 12.9 Å². The molecule has 8 heteroatoms. The Bertz CT molecular complexity index is 694. The first-order chi connectivity index (χ1) is 12.4. The van der Waals surface area contributed by atoms with Crippen molar-refractivity contribution in [1.82, 2.24) is 15.1 Å². The molecule has 2 aromatic rings. The van der Waals surface area contributed by atoms with Crippen LogP contribution in [0.15, 0.2) is 32.9 Å². The fourth-order valence-electron chi connectivity index (χ4n) is 2.55. The first-order valence-electron chi connectivity index (χ1n) is 8.44. The van der Waals surface area contributed by atoms with Crippen LogP contribution in [0.25, 0.3) is 0 Å². The number of rotatable bonds is 9. The van der Waals surface area contributed by atoms with E-state index in [2.05, 4.69) is 10.2 Å². The number of thioether (sulfide) groups is 2. The number of aromatic nitrogens is 2. The molecule has 0 aliphatic heterocycles. The maximum absolute atomic E-state index is 12.4. The molecule has 1 amide bonds. The summed E-state index contributed by atoms with van der Waals surface area (Å²) in [6.07, 6.45) is 0. The molecule has 0 aliphatic rings. The zero-order valence-electron chi connectivity index (χ0n) is 15.8. The van der Waals surface area contributed by atoms with Crippen molar-refractivity contribution in [2.75, 3.05) is 12.9 Å². The van der Waals surface area contributed by atoms with E-state index >= 15 is 0 Å². The normalized spacial score (nSPS) is 11.2. The monoisotopic (exact) mass is 411 g/mol. The van der Waals surface area contributed by atoms with E-state index in [4.69, 9.17) is 4.74 Å². The van der Waals surface area contributed by atoms with Gasteiger partial charge in [0.1, 0.15) is 5.75 Å². The van der Waals surface area contributed by atoms with Gasteiger partial charge < -0.3 is 9.64 Å². The molecule has 1 heterocycles. The number of hydrogen-bond donors (Lipinski definition) is 0.